The molecular weight excluding hydrogens is 242 g/mol. The van der Waals surface area contributed by atoms with E-state index in [1.165, 1.54) is 6.26 Å². The first-order valence-electron chi connectivity index (χ1n) is 5.67. The first-order valence-corrected chi connectivity index (χ1v) is 6.21. The Balaban J connectivity index is 2.08. The van der Waals surface area contributed by atoms with E-state index in [1.54, 1.807) is 13.0 Å². The molecule has 5 heteroatoms. The average Bonchev–Trinajstić information content (AvgIpc) is 2.77. The second kappa shape index (κ2) is 5.10. The van der Waals surface area contributed by atoms with Crippen LogP contribution in [0.25, 0.3) is 0 Å². The maximum Gasteiger partial charge on any atom is 0.255 e. The van der Waals surface area contributed by atoms with Crippen molar-refractivity contribution < 1.29 is 13.9 Å². The second-order valence-electron chi connectivity index (χ2n) is 4.37. The van der Waals surface area contributed by atoms with Gasteiger partial charge in [0.25, 0.3) is 5.91 Å². The molecule has 2 heterocycles. The van der Waals surface area contributed by atoms with Crippen LogP contribution in [0.15, 0.2) is 16.7 Å². The maximum absolute atomic E-state index is 12.1. The third kappa shape index (κ3) is 2.64. The predicted octanol–water partition coefficient (Wildman–Crippen LogP) is 2.11. The van der Waals surface area contributed by atoms with Gasteiger partial charge in [0.05, 0.1) is 17.4 Å². The van der Waals surface area contributed by atoms with Crippen LogP contribution < -0.4 is 5.32 Å². The normalized spacial score (nSPS) is 18.9. The van der Waals surface area contributed by atoms with Gasteiger partial charge in [0.15, 0.2) is 0 Å². The number of nitrogens with one attached hydrogen (secondary N) is 1. The minimum Gasteiger partial charge on any atom is -0.469 e. The Bertz CT molecular complexity index is 396. The highest BCUT2D eigenvalue weighted by molar-refractivity contribution is 6.19. The molecule has 0 radical (unpaired) electrons. The fourth-order valence-electron chi connectivity index (χ4n) is 1.98. The highest BCUT2D eigenvalue weighted by Gasteiger charge is 2.34. The summed E-state index contributed by atoms with van der Waals surface area (Å²) < 4.78 is 10.4. The number of hydrogen-bond acceptors (Lipinski definition) is 3. The summed E-state index contributed by atoms with van der Waals surface area (Å²) >= 11 is 5.99. The number of aryl methyl sites for hydroxylation is 1. The number of furan rings is 1. The molecule has 1 aromatic heterocycles. The lowest BCUT2D eigenvalue weighted by Gasteiger charge is -2.36. The minimum atomic E-state index is -0.347. The molecule has 0 bridgehead atoms. The van der Waals surface area contributed by atoms with Crippen molar-refractivity contribution in [3.05, 3.63) is 23.7 Å². The molecule has 0 aromatic carbocycles. The zero-order valence-corrected chi connectivity index (χ0v) is 10.5. The van der Waals surface area contributed by atoms with Crippen molar-refractivity contribution in [2.24, 2.45) is 0 Å². The average molecular weight is 258 g/mol. The monoisotopic (exact) mass is 257 g/mol. The van der Waals surface area contributed by atoms with Crippen LogP contribution in [0.3, 0.4) is 0 Å². The molecule has 94 valence electrons. The lowest BCUT2D eigenvalue weighted by molar-refractivity contribution is 0.0433. The molecule has 17 heavy (non-hydrogen) atoms. The molecule has 0 unspecified atom stereocenters. The van der Waals surface area contributed by atoms with Crippen LogP contribution in [0, 0.1) is 6.92 Å². The minimum absolute atomic E-state index is 0.126. The van der Waals surface area contributed by atoms with Gasteiger partial charge in [0.1, 0.15) is 5.76 Å². The fraction of sp³-hybridized carbons (Fsp3) is 0.583. The van der Waals surface area contributed by atoms with Crippen molar-refractivity contribution in [1.29, 1.82) is 0 Å². The standard InChI is InChI=1S/C12H16ClNO3/c1-9-10(2-5-17-9)11(15)14-12(8-13)3-6-16-7-4-12/h2,5H,3-4,6-8H2,1H3,(H,14,15). The summed E-state index contributed by atoms with van der Waals surface area (Å²) in [6, 6.07) is 1.67. The van der Waals surface area contributed by atoms with Crippen LogP contribution >= 0.6 is 11.6 Å². The summed E-state index contributed by atoms with van der Waals surface area (Å²) in [6.07, 6.45) is 3.01. The Morgan fingerprint density at radius 1 is 1.53 bits per heavy atom. The van der Waals surface area contributed by atoms with Crippen molar-refractivity contribution in [2.45, 2.75) is 25.3 Å². The number of carbonyl (C=O) groups is 1. The Kier molecular flexibility index (Phi) is 3.74. The summed E-state index contributed by atoms with van der Waals surface area (Å²) in [4.78, 5) is 12.1. The molecule has 0 aliphatic carbocycles. The van der Waals surface area contributed by atoms with Gasteiger partial charge in [-0.15, -0.1) is 11.6 Å². The molecule has 0 atom stereocenters. The summed E-state index contributed by atoms with van der Waals surface area (Å²) in [5.41, 5.74) is 0.224. The zero-order chi connectivity index (χ0) is 12.3. The van der Waals surface area contributed by atoms with Crippen molar-refractivity contribution in [2.75, 3.05) is 19.1 Å². The Morgan fingerprint density at radius 3 is 2.76 bits per heavy atom. The first-order chi connectivity index (χ1) is 8.17. The Labute approximate surface area is 105 Å². The van der Waals surface area contributed by atoms with E-state index < -0.39 is 0 Å². The molecule has 2 rings (SSSR count). The lowest BCUT2D eigenvalue weighted by Crippen LogP contribution is -2.53. The first kappa shape index (κ1) is 12.5. The quantitative estimate of drug-likeness (QED) is 0.844. The Morgan fingerprint density at radius 2 is 2.24 bits per heavy atom. The van der Waals surface area contributed by atoms with Crippen LogP contribution in [-0.4, -0.2) is 30.5 Å². The zero-order valence-electron chi connectivity index (χ0n) is 9.79. The van der Waals surface area contributed by atoms with Crippen molar-refractivity contribution in [3.8, 4) is 0 Å². The van der Waals surface area contributed by atoms with E-state index in [2.05, 4.69) is 5.32 Å². The van der Waals surface area contributed by atoms with Crippen LogP contribution in [0.2, 0.25) is 0 Å². The third-order valence-corrected chi connectivity index (χ3v) is 3.70. The molecule has 0 spiro atoms. The number of ether oxygens (including phenoxy) is 1. The topological polar surface area (TPSA) is 51.5 Å². The van der Waals surface area contributed by atoms with Gasteiger partial charge >= 0.3 is 0 Å². The number of amides is 1. The summed E-state index contributed by atoms with van der Waals surface area (Å²) in [5, 5.41) is 3.01. The van der Waals surface area contributed by atoms with Gasteiger partial charge in [-0.2, -0.15) is 0 Å². The van der Waals surface area contributed by atoms with E-state index >= 15 is 0 Å². The van der Waals surface area contributed by atoms with Crippen LogP contribution in [0.4, 0.5) is 0 Å². The van der Waals surface area contributed by atoms with E-state index in [0.29, 0.717) is 30.4 Å². The molecule has 1 aliphatic heterocycles. The smallest absolute Gasteiger partial charge is 0.255 e. The molecule has 1 fully saturated rings. The lowest BCUT2D eigenvalue weighted by atomic mass is 9.92. The van der Waals surface area contributed by atoms with E-state index in [4.69, 9.17) is 20.8 Å². The van der Waals surface area contributed by atoms with Crippen LogP contribution in [0.1, 0.15) is 29.0 Å². The third-order valence-electron chi connectivity index (χ3n) is 3.19. The van der Waals surface area contributed by atoms with Crippen molar-refractivity contribution >= 4 is 17.5 Å². The Hall–Kier alpha value is -1.00. The molecule has 1 N–H and O–H groups in total. The SMILES string of the molecule is Cc1occc1C(=O)NC1(CCl)CCOCC1. The number of carbonyl (C=O) groups excluding carboxylic acids is 1. The predicted molar refractivity (Wildman–Crippen MR) is 64.4 cm³/mol. The van der Waals surface area contributed by atoms with E-state index in [1.807, 2.05) is 0 Å². The van der Waals surface area contributed by atoms with Crippen molar-refractivity contribution in [3.63, 3.8) is 0 Å². The highest BCUT2D eigenvalue weighted by atomic mass is 35.5. The molecule has 1 amide bonds. The van der Waals surface area contributed by atoms with Gasteiger partial charge in [0, 0.05) is 19.1 Å². The largest absolute Gasteiger partial charge is 0.469 e. The highest BCUT2D eigenvalue weighted by Crippen LogP contribution is 2.23. The summed E-state index contributed by atoms with van der Waals surface area (Å²) in [7, 11) is 0. The molecule has 1 aliphatic rings. The van der Waals surface area contributed by atoms with Gasteiger partial charge in [-0.25, -0.2) is 0 Å². The fourth-order valence-corrected chi connectivity index (χ4v) is 2.32. The van der Waals surface area contributed by atoms with Gasteiger partial charge in [-0.05, 0) is 25.8 Å². The number of halogens is 1. The maximum atomic E-state index is 12.1. The number of rotatable bonds is 3. The second-order valence-corrected chi connectivity index (χ2v) is 4.64. The van der Waals surface area contributed by atoms with Gasteiger partial charge in [-0.3, -0.25) is 4.79 Å². The van der Waals surface area contributed by atoms with Crippen molar-refractivity contribution in [1.82, 2.24) is 5.32 Å². The number of hydrogen-bond donors (Lipinski definition) is 1. The van der Waals surface area contributed by atoms with Crippen LogP contribution in [-0.2, 0) is 4.74 Å². The van der Waals surface area contributed by atoms with E-state index in [0.717, 1.165) is 12.8 Å². The van der Waals surface area contributed by atoms with E-state index in [9.17, 15) is 4.79 Å². The summed E-state index contributed by atoms with van der Waals surface area (Å²) in [5.74, 6) is 0.900. The van der Waals surface area contributed by atoms with E-state index in [-0.39, 0.29) is 11.4 Å². The summed E-state index contributed by atoms with van der Waals surface area (Å²) in [6.45, 7) is 3.04. The molecule has 0 saturated carbocycles. The molecule has 4 nitrogen and oxygen atoms in total. The molecular formula is C12H16ClNO3. The van der Waals surface area contributed by atoms with Gasteiger partial charge in [0.2, 0.25) is 0 Å². The van der Waals surface area contributed by atoms with Gasteiger partial charge in [-0.1, -0.05) is 0 Å². The van der Waals surface area contributed by atoms with Gasteiger partial charge < -0.3 is 14.5 Å². The molecule has 1 saturated heterocycles. The molecule has 1 aromatic rings. The number of alkyl halides is 1. The van der Waals surface area contributed by atoms with Crippen LogP contribution in [0.5, 0.6) is 0 Å².